The molecule has 2 rings (SSSR count). The third kappa shape index (κ3) is 2.18. The van der Waals surface area contributed by atoms with E-state index < -0.39 is 11.9 Å². The minimum absolute atomic E-state index is 0.00190. The number of carbonyl (C=O) groups excluding carboxylic acids is 1. The first kappa shape index (κ1) is 10.2. The van der Waals surface area contributed by atoms with Gasteiger partial charge in [-0.15, -0.1) is 11.3 Å². The highest BCUT2D eigenvalue weighted by molar-refractivity contribution is 7.14. The summed E-state index contributed by atoms with van der Waals surface area (Å²) in [6.45, 7) is 0.770. The SMILES string of the molecule is O=C1CC(C(=O)O)CN(c2cccs2)C1. The number of piperidine rings is 1. The average molecular weight is 225 g/mol. The minimum Gasteiger partial charge on any atom is -0.481 e. The molecule has 1 saturated heterocycles. The van der Waals surface area contributed by atoms with Gasteiger partial charge >= 0.3 is 5.97 Å². The van der Waals surface area contributed by atoms with Crippen LogP contribution in [-0.4, -0.2) is 29.9 Å². The highest BCUT2D eigenvalue weighted by Gasteiger charge is 2.30. The fourth-order valence-corrected chi connectivity index (χ4v) is 2.47. The van der Waals surface area contributed by atoms with Gasteiger partial charge in [0.2, 0.25) is 0 Å². The smallest absolute Gasteiger partial charge is 0.308 e. The van der Waals surface area contributed by atoms with Crippen molar-refractivity contribution in [3.63, 3.8) is 0 Å². The van der Waals surface area contributed by atoms with Crippen molar-refractivity contribution >= 4 is 28.1 Å². The molecule has 1 aromatic rings. The first-order valence-electron chi connectivity index (χ1n) is 4.70. The summed E-state index contributed by atoms with van der Waals surface area (Å²) in [7, 11) is 0. The monoisotopic (exact) mass is 225 g/mol. The van der Waals surface area contributed by atoms with Gasteiger partial charge in [0.1, 0.15) is 0 Å². The Morgan fingerprint density at radius 3 is 3.00 bits per heavy atom. The van der Waals surface area contributed by atoms with Gasteiger partial charge in [0.05, 0.1) is 17.5 Å². The molecule has 80 valence electrons. The highest BCUT2D eigenvalue weighted by atomic mass is 32.1. The fourth-order valence-electron chi connectivity index (χ4n) is 1.73. The van der Waals surface area contributed by atoms with Crippen LogP contribution in [0.4, 0.5) is 5.00 Å². The van der Waals surface area contributed by atoms with E-state index in [-0.39, 0.29) is 12.2 Å². The third-order valence-electron chi connectivity index (χ3n) is 2.45. The molecule has 0 saturated carbocycles. The molecule has 1 fully saturated rings. The lowest BCUT2D eigenvalue weighted by Crippen LogP contribution is -2.43. The molecule has 1 unspecified atom stereocenters. The van der Waals surface area contributed by atoms with Crippen molar-refractivity contribution in [2.75, 3.05) is 18.0 Å². The second-order valence-corrected chi connectivity index (χ2v) is 4.54. The maximum atomic E-state index is 11.4. The van der Waals surface area contributed by atoms with Gasteiger partial charge in [-0.05, 0) is 17.5 Å². The predicted molar refractivity (Wildman–Crippen MR) is 57.3 cm³/mol. The molecule has 0 amide bonds. The fraction of sp³-hybridized carbons (Fsp3) is 0.400. The zero-order chi connectivity index (χ0) is 10.8. The summed E-state index contributed by atoms with van der Waals surface area (Å²) >= 11 is 1.53. The van der Waals surface area contributed by atoms with Crippen LogP contribution in [0.2, 0.25) is 0 Å². The van der Waals surface area contributed by atoms with E-state index in [0.717, 1.165) is 5.00 Å². The number of nitrogens with zero attached hydrogens (tertiary/aromatic N) is 1. The lowest BCUT2D eigenvalue weighted by atomic mass is 9.97. The molecular weight excluding hydrogens is 214 g/mol. The Morgan fingerprint density at radius 2 is 2.40 bits per heavy atom. The van der Waals surface area contributed by atoms with Crippen LogP contribution in [0, 0.1) is 5.92 Å². The second kappa shape index (κ2) is 4.02. The normalized spacial score (nSPS) is 21.7. The maximum absolute atomic E-state index is 11.4. The summed E-state index contributed by atoms with van der Waals surface area (Å²) in [5, 5.41) is 11.8. The van der Waals surface area contributed by atoms with E-state index in [1.165, 1.54) is 11.3 Å². The van der Waals surface area contributed by atoms with Crippen molar-refractivity contribution in [3.05, 3.63) is 17.5 Å². The molecule has 2 heterocycles. The number of thiophene rings is 1. The number of carbonyl (C=O) groups is 2. The molecule has 1 aliphatic heterocycles. The van der Waals surface area contributed by atoms with E-state index in [2.05, 4.69) is 0 Å². The number of Topliss-reactive ketones (excluding diaryl/α,β-unsaturated/α-hetero) is 1. The number of anilines is 1. The molecule has 1 N–H and O–H groups in total. The Bertz CT molecular complexity index is 374. The summed E-state index contributed by atoms with van der Waals surface area (Å²) in [6, 6.07) is 3.80. The van der Waals surface area contributed by atoms with Gasteiger partial charge in [0.15, 0.2) is 5.78 Å². The summed E-state index contributed by atoms with van der Waals surface area (Å²) in [5.41, 5.74) is 0. The van der Waals surface area contributed by atoms with Gasteiger partial charge in [0, 0.05) is 13.0 Å². The molecule has 5 heteroatoms. The lowest BCUT2D eigenvalue weighted by molar-refractivity contribution is -0.144. The number of hydrogen-bond acceptors (Lipinski definition) is 4. The Morgan fingerprint density at radius 1 is 1.60 bits per heavy atom. The van der Waals surface area contributed by atoms with E-state index in [4.69, 9.17) is 5.11 Å². The third-order valence-corrected chi connectivity index (χ3v) is 3.38. The van der Waals surface area contributed by atoms with Crippen LogP contribution in [0.15, 0.2) is 17.5 Å². The zero-order valence-corrected chi connectivity index (χ0v) is 8.87. The van der Waals surface area contributed by atoms with Crippen LogP contribution < -0.4 is 4.90 Å². The van der Waals surface area contributed by atoms with Crippen molar-refractivity contribution < 1.29 is 14.7 Å². The van der Waals surface area contributed by atoms with Crippen LogP contribution in [0.25, 0.3) is 0 Å². The Kier molecular flexibility index (Phi) is 2.73. The molecule has 1 atom stereocenters. The van der Waals surface area contributed by atoms with E-state index >= 15 is 0 Å². The summed E-state index contributed by atoms with van der Waals surface area (Å²) in [5.74, 6) is -1.44. The molecule has 0 aromatic carbocycles. The van der Waals surface area contributed by atoms with E-state index in [1.807, 2.05) is 22.4 Å². The number of carboxylic acids is 1. The number of hydrogen-bond donors (Lipinski definition) is 1. The van der Waals surface area contributed by atoms with Crippen molar-refractivity contribution in [2.24, 2.45) is 5.92 Å². The van der Waals surface area contributed by atoms with Crippen LogP contribution >= 0.6 is 11.3 Å². The van der Waals surface area contributed by atoms with Gasteiger partial charge in [-0.3, -0.25) is 9.59 Å². The first-order valence-corrected chi connectivity index (χ1v) is 5.58. The number of aliphatic carboxylic acids is 1. The maximum Gasteiger partial charge on any atom is 0.308 e. The molecule has 0 spiro atoms. The van der Waals surface area contributed by atoms with Crippen LogP contribution in [0.3, 0.4) is 0 Å². The van der Waals surface area contributed by atoms with Crippen molar-refractivity contribution in [2.45, 2.75) is 6.42 Å². The summed E-state index contributed by atoms with van der Waals surface area (Å²) in [6.07, 6.45) is 0.164. The van der Waals surface area contributed by atoms with E-state index in [9.17, 15) is 9.59 Å². The standard InChI is InChI=1S/C10H11NO3S/c12-8-4-7(10(13)14)5-11(6-8)9-2-1-3-15-9/h1-3,7H,4-6H2,(H,13,14). The summed E-state index contributed by atoms with van der Waals surface area (Å²) < 4.78 is 0. The number of ketones is 1. The first-order chi connectivity index (χ1) is 7.16. The van der Waals surface area contributed by atoms with Crippen LogP contribution in [0.1, 0.15) is 6.42 Å². The van der Waals surface area contributed by atoms with Crippen molar-refractivity contribution in [1.29, 1.82) is 0 Å². The Hall–Kier alpha value is -1.36. The average Bonchev–Trinajstić information content (AvgIpc) is 2.69. The van der Waals surface area contributed by atoms with Crippen LogP contribution in [0.5, 0.6) is 0 Å². The predicted octanol–water partition coefficient (Wildman–Crippen LogP) is 1.23. The van der Waals surface area contributed by atoms with Gasteiger partial charge in [-0.1, -0.05) is 0 Å². The van der Waals surface area contributed by atoms with Crippen molar-refractivity contribution in [1.82, 2.24) is 0 Å². The zero-order valence-electron chi connectivity index (χ0n) is 8.05. The number of carboxylic acid groups (broad SMARTS) is 1. The van der Waals surface area contributed by atoms with E-state index in [1.54, 1.807) is 0 Å². The van der Waals surface area contributed by atoms with E-state index in [0.29, 0.717) is 13.1 Å². The molecule has 15 heavy (non-hydrogen) atoms. The number of rotatable bonds is 2. The van der Waals surface area contributed by atoms with Gasteiger partial charge < -0.3 is 10.0 Å². The molecule has 4 nitrogen and oxygen atoms in total. The molecular formula is C10H11NO3S. The van der Waals surface area contributed by atoms with Gasteiger partial charge in [0.25, 0.3) is 0 Å². The van der Waals surface area contributed by atoms with Gasteiger partial charge in [-0.25, -0.2) is 0 Å². The van der Waals surface area contributed by atoms with Crippen LogP contribution in [-0.2, 0) is 9.59 Å². The minimum atomic E-state index is -0.885. The van der Waals surface area contributed by atoms with Gasteiger partial charge in [-0.2, -0.15) is 0 Å². The quantitative estimate of drug-likeness (QED) is 0.822. The molecule has 1 aromatic heterocycles. The summed E-state index contributed by atoms with van der Waals surface area (Å²) in [4.78, 5) is 24.1. The highest BCUT2D eigenvalue weighted by Crippen LogP contribution is 2.25. The Balaban J connectivity index is 2.14. The molecule has 0 aliphatic carbocycles. The molecule has 1 aliphatic rings. The van der Waals surface area contributed by atoms with Crippen molar-refractivity contribution in [3.8, 4) is 0 Å². The lowest BCUT2D eigenvalue weighted by Gasteiger charge is -2.30. The second-order valence-electron chi connectivity index (χ2n) is 3.61. The largest absolute Gasteiger partial charge is 0.481 e. The topological polar surface area (TPSA) is 57.6 Å². The Labute approximate surface area is 91.1 Å². The molecule has 0 radical (unpaired) electrons. The molecule has 0 bridgehead atoms.